The molecule has 1 aliphatic carbocycles. The van der Waals surface area contributed by atoms with Crippen LogP contribution in [0.3, 0.4) is 0 Å². The number of anilines is 1. The molecule has 0 bridgehead atoms. The molecule has 2 atom stereocenters. The number of halogens is 1. The zero-order chi connectivity index (χ0) is 16.6. The fourth-order valence-electron chi connectivity index (χ4n) is 2.85. The van der Waals surface area contributed by atoms with Gasteiger partial charge in [0, 0.05) is 12.0 Å². The number of aromatic nitrogens is 3. The first-order valence-electron chi connectivity index (χ1n) is 7.56. The second-order valence-electron chi connectivity index (χ2n) is 6.60. The van der Waals surface area contributed by atoms with Crippen LogP contribution in [-0.4, -0.2) is 26.7 Å². The van der Waals surface area contributed by atoms with E-state index in [4.69, 9.17) is 5.73 Å². The van der Waals surface area contributed by atoms with E-state index in [1.165, 1.54) is 18.5 Å². The zero-order valence-electron chi connectivity index (χ0n) is 13.2. The Morgan fingerprint density at radius 2 is 2.30 bits per heavy atom. The van der Waals surface area contributed by atoms with Crippen molar-refractivity contribution in [2.45, 2.75) is 32.9 Å². The minimum atomic E-state index is -0.292. The van der Waals surface area contributed by atoms with Crippen molar-refractivity contribution < 1.29 is 9.18 Å². The quantitative estimate of drug-likeness (QED) is 0.900. The second kappa shape index (κ2) is 5.73. The highest BCUT2D eigenvalue weighted by molar-refractivity contribution is 5.92. The molecule has 1 aliphatic rings. The van der Waals surface area contributed by atoms with Gasteiger partial charge in [0.25, 0.3) is 0 Å². The van der Waals surface area contributed by atoms with E-state index in [-0.39, 0.29) is 35.0 Å². The Kier molecular flexibility index (Phi) is 3.89. The molecule has 0 radical (unpaired) electrons. The maximum absolute atomic E-state index is 13.2. The van der Waals surface area contributed by atoms with E-state index >= 15 is 0 Å². The number of carbonyl (C=O) groups excluding carboxylic acids is 1. The Hall–Kier alpha value is -2.28. The third-order valence-corrected chi connectivity index (χ3v) is 4.66. The molecule has 7 heteroatoms. The second-order valence-corrected chi connectivity index (χ2v) is 6.60. The van der Waals surface area contributed by atoms with Gasteiger partial charge in [-0.25, -0.2) is 14.1 Å². The van der Waals surface area contributed by atoms with Crippen LogP contribution in [0.5, 0.6) is 0 Å². The average Bonchev–Trinajstić information content (AvgIpc) is 2.91. The van der Waals surface area contributed by atoms with E-state index in [0.717, 1.165) is 5.56 Å². The Morgan fingerprint density at radius 1 is 1.52 bits per heavy atom. The lowest BCUT2D eigenvalue weighted by Gasteiger charge is -2.49. The normalized spacial score (nSPS) is 22.4. The summed E-state index contributed by atoms with van der Waals surface area (Å²) >= 11 is 0. The van der Waals surface area contributed by atoms with Gasteiger partial charge >= 0.3 is 0 Å². The zero-order valence-corrected chi connectivity index (χ0v) is 13.2. The van der Waals surface area contributed by atoms with Crippen LogP contribution in [0.25, 0.3) is 0 Å². The molecular weight excluding hydrogens is 297 g/mol. The SMILES string of the molecule is CC1(C)C(N)CC1C(=O)Nc1ncn(Cc2cccc(F)c2)n1. The maximum atomic E-state index is 13.2. The van der Waals surface area contributed by atoms with Gasteiger partial charge in [0.05, 0.1) is 6.54 Å². The minimum Gasteiger partial charge on any atom is -0.327 e. The summed E-state index contributed by atoms with van der Waals surface area (Å²) in [5, 5.41) is 6.93. The third kappa shape index (κ3) is 3.10. The van der Waals surface area contributed by atoms with Crippen LogP contribution >= 0.6 is 0 Å². The summed E-state index contributed by atoms with van der Waals surface area (Å²) in [6.07, 6.45) is 2.18. The first kappa shape index (κ1) is 15.6. The summed E-state index contributed by atoms with van der Waals surface area (Å²) in [4.78, 5) is 16.3. The van der Waals surface area contributed by atoms with Crippen molar-refractivity contribution in [2.24, 2.45) is 17.1 Å². The third-order valence-electron chi connectivity index (χ3n) is 4.66. The van der Waals surface area contributed by atoms with Gasteiger partial charge in [-0.1, -0.05) is 26.0 Å². The van der Waals surface area contributed by atoms with Gasteiger partial charge in [0.2, 0.25) is 11.9 Å². The number of nitrogens with one attached hydrogen (secondary N) is 1. The van der Waals surface area contributed by atoms with Gasteiger partial charge in [-0.2, -0.15) is 0 Å². The largest absolute Gasteiger partial charge is 0.327 e. The lowest BCUT2D eigenvalue weighted by molar-refractivity contribution is -0.130. The van der Waals surface area contributed by atoms with E-state index < -0.39 is 0 Å². The van der Waals surface area contributed by atoms with Gasteiger partial charge in [-0.15, -0.1) is 5.10 Å². The highest BCUT2D eigenvalue weighted by Gasteiger charge is 2.50. The lowest BCUT2D eigenvalue weighted by Crippen LogP contribution is -2.58. The molecule has 1 amide bonds. The summed E-state index contributed by atoms with van der Waals surface area (Å²) in [6, 6.07) is 6.32. The summed E-state index contributed by atoms with van der Waals surface area (Å²) < 4.78 is 14.7. The monoisotopic (exact) mass is 317 g/mol. The fourth-order valence-corrected chi connectivity index (χ4v) is 2.85. The molecule has 1 heterocycles. The molecule has 0 spiro atoms. The van der Waals surface area contributed by atoms with Crippen LogP contribution in [-0.2, 0) is 11.3 Å². The number of amides is 1. The number of hydrogen-bond donors (Lipinski definition) is 2. The van der Waals surface area contributed by atoms with Gasteiger partial charge in [-0.05, 0) is 29.5 Å². The average molecular weight is 317 g/mol. The van der Waals surface area contributed by atoms with Crippen LogP contribution in [0.1, 0.15) is 25.8 Å². The molecule has 122 valence electrons. The minimum absolute atomic E-state index is 0.0387. The maximum Gasteiger partial charge on any atom is 0.248 e. The van der Waals surface area contributed by atoms with Crippen molar-refractivity contribution in [2.75, 3.05) is 5.32 Å². The molecule has 23 heavy (non-hydrogen) atoms. The predicted octanol–water partition coefficient (Wildman–Crippen LogP) is 1.78. The molecule has 0 aliphatic heterocycles. The fraction of sp³-hybridized carbons (Fsp3) is 0.438. The van der Waals surface area contributed by atoms with Gasteiger partial charge in [0.1, 0.15) is 12.1 Å². The van der Waals surface area contributed by atoms with Crippen molar-refractivity contribution >= 4 is 11.9 Å². The van der Waals surface area contributed by atoms with Crippen LogP contribution in [0, 0.1) is 17.2 Å². The Labute approximate surface area is 133 Å². The number of nitrogens with two attached hydrogens (primary N) is 1. The van der Waals surface area contributed by atoms with Crippen molar-refractivity contribution in [1.82, 2.24) is 14.8 Å². The number of hydrogen-bond acceptors (Lipinski definition) is 4. The molecule has 2 aromatic rings. The van der Waals surface area contributed by atoms with E-state index in [2.05, 4.69) is 15.4 Å². The smallest absolute Gasteiger partial charge is 0.248 e. The molecule has 1 saturated carbocycles. The van der Waals surface area contributed by atoms with Crippen molar-refractivity contribution in [3.8, 4) is 0 Å². The standard InChI is InChI=1S/C16H20FN5O/c1-16(2)12(7-13(16)18)14(23)20-15-19-9-22(21-15)8-10-4-3-5-11(17)6-10/h3-6,9,12-13H,7-8,18H2,1-2H3,(H,20,21,23). The Bertz CT molecular complexity index is 727. The van der Waals surface area contributed by atoms with Gasteiger partial charge < -0.3 is 5.73 Å². The highest BCUT2D eigenvalue weighted by Crippen LogP contribution is 2.45. The van der Waals surface area contributed by atoms with Crippen molar-refractivity contribution in [1.29, 1.82) is 0 Å². The van der Waals surface area contributed by atoms with E-state index in [9.17, 15) is 9.18 Å². The topological polar surface area (TPSA) is 85.8 Å². The Morgan fingerprint density at radius 3 is 2.96 bits per heavy atom. The summed E-state index contributed by atoms with van der Waals surface area (Å²) in [5.74, 6) is -0.282. The van der Waals surface area contributed by atoms with E-state index in [1.807, 2.05) is 13.8 Å². The summed E-state index contributed by atoms with van der Waals surface area (Å²) in [7, 11) is 0. The van der Waals surface area contributed by atoms with Crippen LogP contribution < -0.4 is 11.1 Å². The number of nitrogens with zero attached hydrogens (tertiary/aromatic N) is 3. The molecule has 1 aromatic carbocycles. The van der Waals surface area contributed by atoms with Crippen LogP contribution in [0.4, 0.5) is 10.3 Å². The molecule has 3 N–H and O–H groups in total. The molecule has 3 rings (SSSR count). The summed E-state index contributed by atoms with van der Waals surface area (Å²) in [6.45, 7) is 4.36. The molecule has 1 fully saturated rings. The molecule has 2 unspecified atom stereocenters. The first-order valence-corrected chi connectivity index (χ1v) is 7.56. The molecule has 0 saturated heterocycles. The van der Waals surface area contributed by atoms with Gasteiger partial charge in [0.15, 0.2) is 0 Å². The van der Waals surface area contributed by atoms with Crippen molar-refractivity contribution in [3.63, 3.8) is 0 Å². The summed E-state index contributed by atoms with van der Waals surface area (Å²) in [5.41, 5.74) is 6.50. The van der Waals surface area contributed by atoms with Crippen LogP contribution in [0.15, 0.2) is 30.6 Å². The molecule has 1 aromatic heterocycles. The van der Waals surface area contributed by atoms with E-state index in [1.54, 1.807) is 16.8 Å². The predicted molar refractivity (Wildman–Crippen MR) is 84.0 cm³/mol. The number of carbonyl (C=O) groups is 1. The van der Waals surface area contributed by atoms with Crippen molar-refractivity contribution in [3.05, 3.63) is 42.0 Å². The first-order chi connectivity index (χ1) is 10.9. The number of benzene rings is 1. The lowest BCUT2D eigenvalue weighted by atomic mass is 9.58. The molecule has 6 nitrogen and oxygen atoms in total. The van der Waals surface area contributed by atoms with E-state index in [0.29, 0.717) is 13.0 Å². The highest BCUT2D eigenvalue weighted by atomic mass is 19.1. The van der Waals surface area contributed by atoms with Gasteiger partial charge in [-0.3, -0.25) is 10.1 Å². The van der Waals surface area contributed by atoms with Crippen LogP contribution in [0.2, 0.25) is 0 Å². The number of rotatable bonds is 4. The Balaban J connectivity index is 1.63. The molecular formula is C16H20FN5O.